The molecule has 0 saturated carbocycles. The molecule has 0 aliphatic heterocycles. The van der Waals surface area contributed by atoms with Gasteiger partial charge in [0.05, 0.1) is 6.57 Å². The maximum Gasteiger partial charge on any atom is 0.432 e. The van der Waals surface area contributed by atoms with Gasteiger partial charge in [-0.25, -0.2) is 26.8 Å². The number of benzene rings is 2. The number of rotatable bonds is 3. The van der Waals surface area contributed by atoms with Gasteiger partial charge < -0.3 is 4.74 Å². The van der Waals surface area contributed by atoms with Gasteiger partial charge in [-0.05, 0) is 12.1 Å². The Labute approximate surface area is 124 Å². The molecule has 0 fully saturated rings. The van der Waals surface area contributed by atoms with Crippen molar-refractivity contribution in [2.45, 2.75) is 6.11 Å². The van der Waals surface area contributed by atoms with Gasteiger partial charge in [0.25, 0.3) is 0 Å². The maximum absolute atomic E-state index is 13.8. The Morgan fingerprint density at radius 3 is 1.74 bits per heavy atom. The molecule has 2 rings (SSSR count). The average molecular weight is 335 g/mol. The fourth-order valence-electron chi connectivity index (χ4n) is 1.69. The molecule has 0 bridgehead atoms. The van der Waals surface area contributed by atoms with Gasteiger partial charge in [0.2, 0.25) is 0 Å². The zero-order chi connectivity index (χ0) is 17.4. The van der Waals surface area contributed by atoms with Crippen molar-refractivity contribution in [3.8, 4) is 5.75 Å². The van der Waals surface area contributed by atoms with E-state index in [1.54, 1.807) is 0 Å². The highest BCUT2D eigenvalue weighted by atomic mass is 19.3. The predicted molar refractivity (Wildman–Crippen MR) is 63.5 cm³/mol. The van der Waals surface area contributed by atoms with Crippen LogP contribution in [0.25, 0.3) is 4.85 Å². The summed E-state index contributed by atoms with van der Waals surface area (Å²) in [7, 11) is 0. The van der Waals surface area contributed by atoms with Crippen LogP contribution in [0.3, 0.4) is 0 Å². The molecular weight excluding hydrogens is 331 g/mol. The highest BCUT2D eigenvalue weighted by Gasteiger charge is 2.41. The van der Waals surface area contributed by atoms with Crippen LogP contribution in [0.5, 0.6) is 5.75 Å². The topological polar surface area (TPSA) is 13.6 Å². The lowest BCUT2D eigenvalue weighted by Gasteiger charge is -2.19. The van der Waals surface area contributed by atoms with Crippen LogP contribution in [-0.4, -0.2) is 0 Å². The van der Waals surface area contributed by atoms with Gasteiger partial charge in [0.1, 0.15) is 22.9 Å². The predicted octanol–water partition coefficient (Wildman–Crippen LogP) is 5.06. The van der Waals surface area contributed by atoms with Crippen molar-refractivity contribution in [1.82, 2.24) is 0 Å². The molecule has 0 unspecified atom stereocenters. The number of alkyl halides is 2. The molecule has 0 heterocycles. The molecule has 120 valence electrons. The molecule has 0 aliphatic carbocycles. The third-order valence-corrected chi connectivity index (χ3v) is 2.65. The monoisotopic (exact) mass is 335 g/mol. The van der Waals surface area contributed by atoms with Crippen molar-refractivity contribution >= 4 is 5.69 Å². The Balaban J connectivity index is 2.46. The van der Waals surface area contributed by atoms with Gasteiger partial charge in [-0.3, -0.25) is 0 Å². The second-order valence-corrected chi connectivity index (χ2v) is 4.22. The molecule has 23 heavy (non-hydrogen) atoms. The lowest BCUT2D eigenvalue weighted by Crippen LogP contribution is -2.25. The molecule has 0 aromatic heterocycles. The Morgan fingerprint density at radius 2 is 1.30 bits per heavy atom. The lowest BCUT2D eigenvalue weighted by molar-refractivity contribution is -0.189. The van der Waals surface area contributed by atoms with E-state index in [1.165, 1.54) is 0 Å². The van der Waals surface area contributed by atoms with E-state index in [4.69, 9.17) is 6.57 Å². The van der Waals surface area contributed by atoms with Crippen LogP contribution in [0, 0.1) is 35.7 Å². The highest BCUT2D eigenvalue weighted by molar-refractivity contribution is 5.47. The fourth-order valence-corrected chi connectivity index (χ4v) is 1.69. The molecule has 0 radical (unpaired) electrons. The van der Waals surface area contributed by atoms with E-state index >= 15 is 0 Å². The first kappa shape index (κ1) is 16.6. The Bertz CT molecular complexity index is 767. The van der Waals surface area contributed by atoms with Gasteiger partial charge in [0, 0.05) is 12.1 Å². The van der Waals surface area contributed by atoms with Crippen LogP contribution in [0.1, 0.15) is 5.56 Å². The molecule has 0 amide bonds. The highest BCUT2D eigenvalue weighted by Crippen LogP contribution is 2.37. The third kappa shape index (κ3) is 3.21. The molecule has 0 saturated heterocycles. The molecule has 2 nitrogen and oxygen atoms in total. The normalized spacial score (nSPS) is 11.2. The number of nitrogens with zero attached hydrogens (tertiary/aromatic N) is 1. The first-order valence-electron chi connectivity index (χ1n) is 5.74. The zero-order valence-electron chi connectivity index (χ0n) is 10.8. The van der Waals surface area contributed by atoms with E-state index in [2.05, 4.69) is 9.58 Å². The molecule has 0 aliphatic rings. The summed E-state index contributed by atoms with van der Waals surface area (Å²) in [5.41, 5.74) is -2.42. The van der Waals surface area contributed by atoms with E-state index in [9.17, 15) is 30.7 Å². The third-order valence-electron chi connectivity index (χ3n) is 2.65. The molecule has 0 N–H and O–H groups in total. The van der Waals surface area contributed by atoms with Crippen molar-refractivity contribution in [2.75, 3.05) is 0 Å². The quantitative estimate of drug-likeness (QED) is 0.434. The van der Waals surface area contributed by atoms with Crippen LogP contribution >= 0.6 is 0 Å². The van der Waals surface area contributed by atoms with Crippen molar-refractivity contribution in [1.29, 1.82) is 0 Å². The van der Waals surface area contributed by atoms with Crippen molar-refractivity contribution in [2.24, 2.45) is 0 Å². The van der Waals surface area contributed by atoms with Gasteiger partial charge in [-0.1, -0.05) is 0 Å². The lowest BCUT2D eigenvalue weighted by atomic mass is 10.1. The SMILES string of the molecule is [C-]#[N+]c1cc(F)c(C(F)(F)Oc2cc(F)c(F)c(F)c2)c(F)c1. The van der Waals surface area contributed by atoms with Crippen LogP contribution in [0.15, 0.2) is 24.3 Å². The summed E-state index contributed by atoms with van der Waals surface area (Å²) in [6.45, 7) is 6.56. The standard InChI is InChI=1S/C14H4F7NO/c1-22-6-2-8(15)12(9(16)3-6)14(20,21)23-7-4-10(17)13(19)11(18)5-7/h2-5H. The first-order chi connectivity index (χ1) is 10.7. The molecule has 0 spiro atoms. The number of halogens is 7. The van der Waals surface area contributed by atoms with E-state index in [1.807, 2.05) is 0 Å². The van der Waals surface area contributed by atoms with Crippen LogP contribution in [-0.2, 0) is 6.11 Å². The minimum absolute atomic E-state index is 0.0929. The van der Waals surface area contributed by atoms with Gasteiger partial charge >= 0.3 is 6.11 Å². The van der Waals surface area contributed by atoms with Gasteiger partial charge in [-0.15, -0.1) is 0 Å². The minimum atomic E-state index is -4.66. The Morgan fingerprint density at radius 1 is 0.826 bits per heavy atom. The summed E-state index contributed by atoms with van der Waals surface area (Å²) in [5, 5.41) is 0. The van der Waals surface area contributed by atoms with E-state index in [0.717, 1.165) is 0 Å². The largest absolute Gasteiger partial charge is 0.432 e. The Kier molecular flexibility index (Phi) is 4.18. The van der Waals surface area contributed by atoms with Crippen molar-refractivity contribution < 1.29 is 35.5 Å². The molecule has 2 aromatic carbocycles. The zero-order valence-corrected chi connectivity index (χ0v) is 10.8. The van der Waals surface area contributed by atoms with E-state index in [0.29, 0.717) is 12.1 Å². The fraction of sp³-hybridized carbons (Fsp3) is 0.0714. The number of hydrogen-bond donors (Lipinski definition) is 0. The molecule has 0 atom stereocenters. The smallest absolute Gasteiger partial charge is 0.429 e. The first-order valence-corrected chi connectivity index (χ1v) is 5.74. The summed E-state index contributed by atoms with van der Waals surface area (Å²) >= 11 is 0. The second-order valence-electron chi connectivity index (χ2n) is 4.22. The van der Waals surface area contributed by atoms with Crippen molar-refractivity contribution in [3.63, 3.8) is 0 Å². The Hall–Kier alpha value is -2.76. The number of hydrogen-bond acceptors (Lipinski definition) is 1. The van der Waals surface area contributed by atoms with Crippen LogP contribution < -0.4 is 4.74 Å². The molecular formula is C14H4F7NO. The summed E-state index contributed by atoms with van der Waals surface area (Å²) in [5.74, 6) is -10.3. The average Bonchev–Trinajstić information content (AvgIpc) is 2.42. The van der Waals surface area contributed by atoms with Gasteiger partial charge in [-0.2, -0.15) is 8.78 Å². The summed E-state index contributed by atoms with van der Waals surface area (Å²) < 4.78 is 97.4. The maximum atomic E-state index is 13.8. The molecule has 9 heteroatoms. The van der Waals surface area contributed by atoms with Gasteiger partial charge in [0.15, 0.2) is 23.1 Å². The van der Waals surface area contributed by atoms with E-state index < -0.39 is 52.2 Å². The minimum Gasteiger partial charge on any atom is -0.429 e. The van der Waals surface area contributed by atoms with Crippen molar-refractivity contribution in [3.05, 3.63) is 70.3 Å². The second kappa shape index (κ2) is 5.79. The summed E-state index contributed by atoms with van der Waals surface area (Å²) in [4.78, 5) is 2.68. The van der Waals surface area contributed by atoms with E-state index in [-0.39, 0.29) is 12.1 Å². The summed E-state index contributed by atoms with van der Waals surface area (Å²) in [6, 6.07) is 0.869. The van der Waals surface area contributed by atoms with Crippen LogP contribution in [0.4, 0.5) is 36.4 Å². The van der Waals surface area contributed by atoms with Crippen LogP contribution in [0.2, 0.25) is 0 Å². The summed E-state index contributed by atoms with van der Waals surface area (Å²) in [6.07, 6.45) is -4.66. The number of ether oxygens (including phenoxy) is 1. The molecule has 2 aromatic rings.